The molecule has 5 nitrogen and oxygen atoms in total. The highest BCUT2D eigenvalue weighted by Gasteiger charge is 2.19. The number of halogens is 1. The number of carboxylic acid groups (broad SMARTS) is 1. The Hall–Kier alpha value is -1.62. The van der Waals surface area contributed by atoms with E-state index in [1.807, 2.05) is 6.92 Å². The lowest BCUT2D eigenvalue weighted by molar-refractivity contribution is -0.139. The predicted molar refractivity (Wildman–Crippen MR) is 67.8 cm³/mol. The Morgan fingerprint density at radius 3 is 2.61 bits per heavy atom. The van der Waals surface area contributed by atoms with Gasteiger partial charge in [0.2, 0.25) is 0 Å². The molecule has 0 aliphatic rings. The van der Waals surface area contributed by atoms with E-state index in [9.17, 15) is 9.59 Å². The lowest BCUT2D eigenvalue weighted by Gasteiger charge is -2.12. The summed E-state index contributed by atoms with van der Waals surface area (Å²) in [7, 11) is 0. The highest BCUT2D eigenvalue weighted by molar-refractivity contribution is 6.29. The van der Waals surface area contributed by atoms with Crippen molar-refractivity contribution in [3.63, 3.8) is 0 Å². The first-order chi connectivity index (χ1) is 8.47. The van der Waals surface area contributed by atoms with Gasteiger partial charge in [-0.25, -0.2) is 9.78 Å². The van der Waals surface area contributed by atoms with Crippen LogP contribution in [0.25, 0.3) is 0 Å². The normalized spacial score (nSPS) is 11.9. The summed E-state index contributed by atoms with van der Waals surface area (Å²) >= 11 is 5.80. The number of aryl methyl sites for hydroxylation is 1. The van der Waals surface area contributed by atoms with Crippen molar-refractivity contribution in [1.82, 2.24) is 10.3 Å². The number of carbonyl (C=O) groups excluding carboxylic acids is 1. The quantitative estimate of drug-likeness (QED) is 0.801. The van der Waals surface area contributed by atoms with Crippen molar-refractivity contribution in [3.8, 4) is 0 Å². The monoisotopic (exact) mass is 270 g/mol. The standard InChI is InChI=1S/C12H15ClN2O3/c1-3-8-5-7(6-10(13)14-8)11(16)15-9(4-2)12(17)18/h5-6,9H,3-4H2,1-2H3,(H,15,16)(H,17,18). The Morgan fingerprint density at radius 1 is 1.44 bits per heavy atom. The van der Waals surface area contributed by atoms with Crippen LogP contribution in [-0.2, 0) is 11.2 Å². The number of aromatic nitrogens is 1. The Bertz CT molecular complexity index is 463. The molecule has 0 bridgehead atoms. The first kappa shape index (κ1) is 14.4. The zero-order valence-electron chi connectivity index (χ0n) is 10.2. The summed E-state index contributed by atoms with van der Waals surface area (Å²) in [4.78, 5) is 26.8. The summed E-state index contributed by atoms with van der Waals surface area (Å²) in [6.07, 6.45) is 0.970. The van der Waals surface area contributed by atoms with Crippen molar-refractivity contribution in [1.29, 1.82) is 0 Å². The second kappa shape index (κ2) is 6.35. The summed E-state index contributed by atoms with van der Waals surface area (Å²) in [6.45, 7) is 3.59. The molecule has 1 heterocycles. The van der Waals surface area contributed by atoms with Crippen LogP contribution in [0.2, 0.25) is 5.15 Å². The van der Waals surface area contributed by atoms with Crippen LogP contribution in [-0.4, -0.2) is 28.0 Å². The maximum Gasteiger partial charge on any atom is 0.326 e. The summed E-state index contributed by atoms with van der Waals surface area (Å²) < 4.78 is 0. The van der Waals surface area contributed by atoms with Crippen molar-refractivity contribution >= 4 is 23.5 Å². The van der Waals surface area contributed by atoms with Crippen molar-refractivity contribution in [2.45, 2.75) is 32.7 Å². The molecule has 1 aromatic heterocycles. The maximum atomic E-state index is 11.9. The van der Waals surface area contributed by atoms with Crippen molar-refractivity contribution in [2.24, 2.45) is 0 Å². The van der Waals surface area contributed by atoms with Crippen molar-refractivity contribution in [2.75, 3.05) is 0 Å². The van der Waals surface area contributed by atoms with Crippen LogP contribution in [0.1, 0.15) is 36.3 Å². The maximum absolute atomic E-state index is 11.9. The Balaban J connectivity index is 2.90. The van der Waals surface area contributed by atoms with Gasteiger partial charge in [0.1, 0.15) is 11.2 Å². The zero-order chi connectivity index (χ0) is 13.7. The second-order valence-electron chi connectivity index (χ2n) is 3.80. The summed E-state index contributed by atoms with van der Waals surface area (Å²) in [6, 6.07) is 2.13. The first-order valence-corrected chi connectivity index (χ1v) is 6.05. The Labute approximate surface area is 110 Å². The fourth-order valence-corrected chi connectivity index (χ4v) is 1.67. The SMILES string of the molecule is CCc1cc(C(=O)NC(CC)C(=O)O)cc(Cl)n1. The largest absolute Gasteiger partial charge is 0.480 e. The fourth-order valence-electron chi connectivity index (χ4n) is 1.44. The molecule has 0 aromatic carbocycles. The number of carboxylic acids is 1. The molecule has 0 saturated heterocycles. The number of aliphatic carboxylic acids is 1. The lowest BCUT2D eigenvalue weighted by atomic mass is 10.1. The topological polar surface area (TPSA) is 79.3 Å². The second-order valence-corrected chi connectivity index (χ2v) is 4.18. The van der Waals surface area contributed by atoms with Gasteiger partial charge >= 0.3 is 5.97 Å². The molecule has 6 heteroatoms. The highest BCUT2D eigenvalue weighted by Crippen LogP contribution is 2.12. The van der Waals surface area contributed by atoms with E-state index in [4.69, 9.17) is 16.7 Å². The molecule has 0 fully saturated rings. The molecule has 0 spiro atoms. The molecule has 1 atom stereocenters. The molecule has 1 unspecified atom stereocenters. The van der Waals surface area contributed by atoms with E-state index in [-0.39, 0.29) is 5.15 Å². The molecule has 98 valence electrons. The van der Waals surface area contributed by atoms with Gasteiger partial charge in [-0.3, -0.25) is 4.79 Å². The van der Waals surface area contributed by atoms with Gasteiger partial charge in [-0.1, -0.05) is 25.4 Å². The van der Waals surface area contributed by atoms with Gasteiger partial charge in [-0.2, -0.15) is 0 Å². The minimum absolute atomic E-state index is 0.225. The molecule has 0 saturated carbocycles. The zero-order valence-corrected chi connectivity index (χ0v) is 11.0. The average molecular weight is 271 g/mol. The molecule has 0 aliphatic heterocycles. The van der Waals surface area contributed by atoms with E-state index < -0.39 is 17.9 Å². The van der Waals surface area contributed by atoms with E-state index in [0.717, 1.165) is 0 Å². The third-order valence-electron chi connectivity index (χ3n) is 2.48. The molecule has 1 aromatic rings. The smallest absolute Gasteiger partial charge is 0.326 e. The predicted octanol–water partition coefficient (Wildman–Crippen LogP) is 1.89. The summed E-state index contributed by atoms with van der Waals surface area (Å²) in [5.41, 5.74) is 1.02. The van der Waals surface area contributed by atoms with Crippen LogP contribution in [0, 0.1) is 0 Å². The summed E-state index contributed by atoms with van der Waals surface area (Å²) in [5.74, 6) is -1.51. The van der Waals surface area contributed by atoms with Gasteiger partial charge in [0, 0.05) is 11.3 Å². The Morgan fingerprint density at radius 2 is 2.11 bits per heavy atom. The fraction of sp³-hybridized carbons (Fsp3) is 0.417. The molecule has 1 amide bonds. The van der Waals surface area contributed by atoms with E-state index in [1.54, 1.807) is 13.0 Å². The molecule has 18 heavy (non-hydrogen) atoms. The average Bonchev–Trinajstić information content (AvgIpc) is 2.34. The molecular formula is C12H15ClN2O3. The van der Waals surface area contributed by atoms with Gasteiger partial charge in [-0.15, -0.1) is 0 Å². The van der Waals surface area contributed by atoms with Crippen LogP contribution in [0.4, 0.5) is 0 Å². The van der Waals surface area contributed by atoms with E-state index in [0.29, 0.717) is 24.1 Å². The summed E-state index contributed by atoms with van der Waals surface area (Å²) in [5, 5.41) is 11.5. The van der Waals surface area contributed by atoms with Gasteiger partial charge in [0.25, 0.3) is 5.91 Å². The molecule has 2 N–H and O–H groups in total. The third kappa shape index (κ3) is 3.70. The van der Waals surface area contributed by atoms with E-state index in [1.165, 1.54) is 6.07 Å². The van der Waals surface area contributed by atoms with Crippen molar-refractivity contribution < 1.29 is 14.7 Å². The van der Waals surface area contributed by atoms with Crippen LogP contribution in [0.5, 0.6) is 0 Å². The lowest BCUT2D eigenvalue weighted by Crippen LogP contribution is -2.40. The number of carbonyl (C=O) groups is 2. The van der Waals surface area contributed by atoms with E-state index >= 15 is 0 Å². The highest BCUT2D eigenvalue weighted by atomic mass is 35.5. The minimum Gasteiger partial charge on any atom is -0.480 e. The number of pyridine rings is 1. The van der Waals surface area contributed by atoms with Gasteiger partial charge in [-0.05, 0) is 25.0 Å². The van der Waals surface area contributed by atoms with Crippen LogP contribution >= 0.6 is 11.6 Å². The number of hydrogen-bond acceptors (Lipinski definition) is 3. The van der Waals surface area contributed by atoms with Gasteiger partial charge in [0.15, 0.2) is 0 Å². The van der Waals surface area contributed by atoms with Crippen LogP contribution in [0.3, 0.4) is 0 Å². The first-order valence-electron chi connectivity index (χ1n) is 5.68. The number of nitrogens with zero attached hydrogens (tertiary/aromatic N) is 1. The van der Waals surface area contributed by atoms with Gasteiger partial charge in [0.05, 0.1) is 0 Å². The third-order valence-corrected chi connectivity index (χ3v) is 2.68. The van der Waals surface area contributed by atoms with Crippen molar-refractivity contribution in [3.05, 3.63) is 28.5 Å². The minimum atomic E-state index is -1.05. The van der Waals surface area contributed by atoms with E-state index in [2.05, 4.69) is 10.3 Å². The Kier molecular flexibility index (Phi) is 5.09. The van der Waals surface area contributed by atoms with Crippen LogP contribution in [0.15, 0.2) is 12.1 Å². The molecular weight excluding hydrogens is 256 g/mol. The number of hydrogen-bond donors (Lipinski definition) is 2. The van der Waals surface area contributed by atoms with Gasteiger partial charge < -0.3 is 10.4 Å². The molecule has 1 rings (SSSR count). The number of rotatable bonds is 5. The molecule has 0 radical (unpaired) electrons. The number of amides is 1. The number of nitrogens with one attached hydrogen (secondary N) is 1. The molecule has 0 aliphatic carbocycles. The van der Waals surface area contributed by atoms with Crippen LogP contribution < -0.4 is 5.32 Å².